The molecule has 0 aromatic rings. The van der Waals surface area contributed by atoms with Gasteiger partial charge in [0.1, 0.15) is 0 Å². The van der Waals surface area contributed by atoms with Crippen LogP contribution in [0.3, 0.4) is 0 Å². The summed E-state index contributed by atoms with van der Waals surface area (Å²) in [5.74, 6) is 0.533. The normalized spacial score (nSPS) is 11.8. The van der Waals surface area contributed by atoms with Gasteiger partial charge in [0.15, 0.2) is 0 Å². The fourth-order valence-electron chi connectivity index (χ4n) is 1.52. The molecule has 0 aliphatic rings. The van der Waals surface area contributed by atoms with E-state index in [2.05, 4.69) is 19.2 Å². The molecule has 0 aromatic carbocycles. The van der Waals surface area contributed by atoms with Crippen LogP contribution >= 0.6 is 0 Å². The minimum atomic E-state index is -0.330. The van der Waals surface area contributed by atoms with Crippen molar-refractivity contribution < 1.29 is 9.90 Å². The van der Waals surface area contributed by atoms with Crippen LogP contribution < -0.4 is 5.32 Å². The molecule has 78 valence electrons. The summed E-state index contributed by atoms with van der Waals surface area (Å²) < 4.78 is 0. The fourth-order valence-corrected chi connectivity index (χ4v) is 1.52. The minimum Gasteiger partial charge on any atom is -0.395 e. The second-order valence-electron chi connectivity index (χ2n) is 4.46. The lowest BCUT2D eigenvalue weighted by molar-refractivity contribution is -0.130. The number of amides is 1. The minimum absolute atomic E-state index is 0.00347. The van der Waals surface area contributed by atoms with Gasteiger partial charge in [0.25, 0.3) is 0 Å². The Hall–Kier alpha value is -0.570. The molecule has 0 saturated heterocycles. The van der Waals surface area contributed by atoms with Gasteiger partial charge in [-0.3, -0.25) is 4.79 Å². The summed E-state index contributed by atoms with van der Waals surface area (Å²) in [5.41, 5.74) is -0.330. The number of rotatable bonds is 5. The van der Waals surface area contributed by atoms with Crippen LogP contribution in [-0.4, -0.2) is 24.2 Å². The van der Waals surface area contributed by atoms with Crippen LogP contribution in [0.2, 0.25) is 0 Å². The van der Waals surface area contributed by atoms with Gasteiger partial charge in [0.05, 0.1) is 6.61 Å². The molecule has 3 nitrogen and oxygen atoms in total. The molecule has 0 aliphatic heterocycles. The molecule has 2 N–H and O–H groups in total. The van der Waals surface area contributed by atoms with E-state index in [0.29, 0.717) is 12.5 Å². The van der Waals surface area contributed by atoms with Crippen molar-refractivity contribution in [2.24, 2.45) is 11.3 Å². The van der Waals surface area contributed by atoms with Crippen molar-refractivity contribution in [2.75, 3.05) is 13.2 Å². The summed E-state index contributed by atoms with van der Waals surface area (Å²) in [6, 6.07) is 0. The number of aliphatic hydroxyl groups excluding tert-OH is 1. The van der Waals surface area contributed by atoms with E-state index in [1.165, 1.54) is 0 Å². The Bertz CT molecular complexity index is 164. The molecule has 0 saturated carbocycles. The first-order valence-electron chi connectivity index (χ1n) is 4.79. The van der Waals surface area contributed by atoms with Crippen LogP contribution in [0.1, 0.15) is 34.1 Å². The highest BCUT2D eigenvalue weighted by Crippen LogP contribution is 2.25. The van der Waals surface area contributed by atoms with Crippen LogP contribution in [0.15, 0.2) is 0 Å². The molecule has 0 spiro atoms. The third kappa shape index (κ3) is 4.88. The molecule has 0 unspecified atom stereocenters. The van der Waals surface area contributed by atoms with Crippen molar-refractivity contribution in [3.05, 3.63) is 0 Å². The standard InChI is InChI=1S/C10H21NO2/c1-8(2)7-10(3,4)9(13)11-5-6-12/h8,12H,5-7H2,1-4H3,(H,11,13). The van der Waals surface area contributed by atoms with Gasteiger partial charge < -0.3 is 10.4 Å². The second-order valence-corrected chi connectivity index (χ2v) is 4.46. The number of nitrogens with one attached hydrogen (secondary N) is 1. The first kappa shape index (κ1) is 12.4. The average Bonchev–Trinajstić information content (AvgIpc) is 1.97. The number of carbonyl (C=O) groups excluding carboxylic acids is 1. The summed E-state index contributed by atoms with van der Waals surface area (Å²) in [6.07, 6.45) is 0.865. The van der Waals surface area contributed by atoms with Crippen LogP contribution in [0.25, 0.3) is 0 Å². The van der Waals surface area contributed by atoms with E-state index in [1.54, 1.807) is 0 Å². The number of hydrogen-bond donors (Lipinski definition) is 2. The maximum absolute atomic E-state index is 11.5. The monoisotopic (exact) mass is 187 g/mol. The maximum atomic E-state index is 11.5. The van der Waals surface area contributed by atoms with E-state index in [4.69, 9.17) is 5.11 Å². The molecular weight excluding hydrogens is 166 g/mol. The molecule has 0 aliphatic carbocycles. The van der Waals surface area contributed by atoms with Crippen molar-refractivity contribution in [2.45, 2.75) is 34.1 Å². The predicted molar refractivity (Wildman–Crippen MR) is 53.3 cm³/mol. The Balaban J connectivity index is 4.03. The predicted octanol–water partition coefficient (Wildman–Crippen LogP) is 1.17. The Morgan fingerprint density at radius 2 is 2.00 bits per heavy atom. The summed E-state index contributed by atoms with van der Waals surface area (Å²) in [7, 11) is 0. The fraction of sp³-hybridized carbons (Fsp3) is 0.900. The zero-order chi connectivity index (χ0) is 10.5. The topological polar surface area (TPSA) is 49.3 Å². The summed E-state index contributed by atoms with van der Waals surface area (Å²) in [4.78, 5) is 11.5. The van der Waals surface area contributed by atoms with Crippen molar-refractivity contribution in [3.63, 3.8) is 0 Å². The van der Waals surface area contributed by atoms with Gasteiger partial charge in [0, 0.05) is 12.0 Å². The van der Waals surface area contributed by atoms with E-state index in [1.807, 2.05) is 13.8 Å². The summed E-state index contributed by atoms with van der Waals surface area (Å²) in [6.45, 7) is 8.41. The SMILES string of the molecule is CC(C)CC(C)(C)C(=O)NCCO. The third-order valence-electron chi connectivity index (χ3n) is 1.93. The highest BCUT2D eigenvalue weighted by Gasteiger charge is 2.27. The van der Waals surface area contributed by atoms with Crippen LogP contribution in [0.5, 0.6) is 0 Å². The van der Waals surface area contributed by atoms with Crippen LogP contribution in [0.4, 0.5) is 0 Å². The quantitative estimate of drug-likeness (QED) is 0.678. The molecule has 3 heteroatoms. The molecular formula is C10H21NO2. The molecule has 0 fully saturated rings. The van der Waals surface area contributed by atoms with Gasteiger partial charge in [-0.05, 0) is 12.3 Å². The van der Waals surface area contributed by atoms with Gasteiger partial charge in [-0.25, -0.2) is 0 Å². The van der Waals surface area contributed by atoms with Gasteiger partial charge in [-0.15, -0.1) is 0 Å². The molecule has 0 bridgehead atoms. The van der Waals surface area contributed by atoms with Crippen LogP contribution in [0, 0.1) is 11.3 Å². The van der Waals surface area contributed by atoms with Gasteiger partial charge in [-0.2, -0.15) is 0 Å². The Labute approximate surface area is 80.5 Å². The third-order valence-corrected chi connectivity index (χ3v) is 1.93. The summed E-state index contributed by atoms with van der Waals surface area (Å²) in [5, 5.41) is 11.2. The number of hydrogen-bond acceptors (Lipinski definition) is 2. The highest BCUT2D eigenvalue weighted by molar-refractivity contribution is 5.81. The second kappa shape index (κ2) is 5.22. The molecule has 0 atom stereocenters. The lowest BCUT2D eigenvalue weighted by Crippen LogP contribution is -2.39. The lowest BCUT2D eigenvalue weighted by atomic mass is 9.83. The zero-order valence-electron chi connectivity index (χ0n) is 9.05. The molecule has 0 aromatic heterocycles. The molecule has 13 heavy (non-hydrogen) atoms. The largest absolute Gasteiger partial charge is 0.395 e. The lowest BCUT2D eigenvalue weighted by Gasteiger charge is -2.25. The highest BCUT2D eigenvalue weighted by atomic mass is 16.3. The van der Waals surface area contributed by atoms with E-state index >= 15 is 0 Å². The number of carbonyl (C=O) groups is 1. The Morgan fingerprint density at radius 1 is 1.46 bits per heavy atom. The van der Waals surface area contributed by atoms with E-state index < -0.39 is 0 Å². The first-order valence-corrected chi connectivity index (χ1v) is 4.79. The summed E-state index contributed by atoms with van der Waals surface area (Å²) >= 11 is 0. The first-order chi connectivity index (χ1) is 5.90. The van der Waals surface area contributed by atoms with Crippen molar-refractivity contribution in [1.29, 1.82) is 0 Å². The van der Waals surface area contributed by atoms with E-state index in [-0.39, 0.29) is 17.9 Å². The zero-order valence-corrected chi connectivity index (χ0v) is 9.05. The number of aliphatic hydroxyl groups is 1. The smallest absolute Gasteiger partial charge is 0.225 e. The molecule has 0 heterocycles. The molecule has 0 rings (SSSR count). The van der Waals surface area contributed by atoms with Gasteiger partial charge in [-0.1, -0.05) is 27.7 Å². The van der Waals surface area contributed by atoms with Crippen LogP contribution in [-0.2, 0) is 4.79 Å². The molecule has 1 amide bonds. The Kier molecular flexibility index (Phi) is 4.99. The Morgan fingerprint density at radius 3 is 2.38 bits per heavy atom. The van der Waals surface area contributed by atoms with Gasteiger partial charge >= 0.3 is 0 Å². The van der Waals surface area contributed by atoms with Crippen molar-refractivity contribution in [1.82, 2.24) is 5.32 Å². The van der Waals surface area contributed by atoms with Crippen molar-refractivity contribution in [3.8, 4) is 0 Å². The van der Waals surface area contributed by atoms with Crippen molar-refractivity contribution >= 4 is 5.91 Å². The maximum Gasteiger partial charge on any atom is 0.225 e. The van der Waals surface area contributed by atoms with E-state index in [0.717, 1.165) is 6.42 Å². The van der Waals surface area contributed by atoms with Gasteiger partial charge in [0.2, 0.25) is 5.91 Å². The molecule has 0 radical (unpaired) electrons. The average molecular weight is 187 g/mol. The van der Waals surface area contributed by atoms with E-state index in [9.17, 15) is 4.79 Å².